The van der Waals surface area contributed by atoms with E-state index in [4.69, 9.17) is 10.6 Å². The molecule has 0 saturated carbocycles. The monoisotopic (exact) mass is 288 g/mol. The van der Waals surface area contributed by atoms with E-state index in [9.17, 15) is 9.18 Å². The van der Waals surface area contributed by atoms with Crippen LogP contribution in [0.4, 0.5) is 4.39 Å². The van der Waals surface area contributed by atoms with Gasteiger partial charge in [-0.2, -0.15) is 0 Å². The molecule has 0 aliphatic carbocycles. The zero-order valence-electron chi connectivity index (χ0n) is 11.7. The van der Waals surface area contributed by atoms with Gasteiger partial charge in [-0.25, -0.2) is 10.2 Å². The maximum atomic E-state index is 13.2. The fourth-order valence-electron chi connectivity index (χ4n) is 1.96. The molecule has 0 fully saturated rings. The van der Waals surface area contributed by atoms with Gasteiger partial charge >= 0.3 is 0 Å². The van der Waals surface area contributed by atoms with E-state index in [1.54, 1.807) is 19.1 Å². The van der Waals surface area contributed by atoms with Crippen LogP contribution in [0.5, 0.6) is 5.75 Å². The number of nitrogens with one attached hydrogen (secondary N) is 1. The molecule has 0 bridgehead atoms. The van der Waals surface area contributed by atoms with Crippen LogP contribution in [-0.2, 0) is 17.8 Å². The van der Waals surface area contributed by atoms with Crippen LogP contribution < -0.4 is 16.0 Å². The first-order valence-electron chi connectivity index (χ1n) is 6.55. The molecule has 110 valence electrons. The van der Waals surface area contributed by atoms with E-state index in [2.05, 4.69) is 5.43 Å². The maximum absolute atomic E-state index is 13.2. The molecule has 4 nitrogen and oxygen atoms in total. The summed E-state index contributed by atoms with van der Waals surface area (Å²) in [6.45, 7) is 1.99. The summed E-state index contributed by atoms with van der Waals surface area (Å²) in [7, 11) is 0. The number of nitrogens with two attached hydrogens (primary N) is 1. The zero-order chi connectivity index (χ0) is 15.2. The van der Waals surface area contributed by atoms with Gasteiger partial charge in [0, 0.05) is 0 Å². The molecule has 0 saturated heterocycles. The SMILES string of the molecule is Cc1cc(OCc2ccccc2CC(=O)NN)ccc1F. The van der Waals surface area contributed by atoms with Gasteiger partial charge in [-0.15, -0.1) is 0 Å². The van der Waals surface area contributed by atoms with Crippen LogP contribution in [0, 0.1) is 12.7 Å². The molecule has 2 aromatic carbocycles. The van der Waals surface area contributed by atoms with Crippen LogP contribution in [-0.4, -0.2) is 5.91 Å². The largest absolute Gasteiger partial charge is 0.489 e. The minimum absolute atomic E-state index is 0.193. The van der Waals surface area contributed by atoms with Crippen molar-refractivity contribution >= 4 is 5.91 Å². The summed E-state index contributed by atoms with van der Waals surface area (Å²) in [6.07, 6.45) is 0.193. The second kappa shape index (κ2) is 6.85. The lowest BCUT2D eigenvalue weighted by molar-refractivity contribution is -0.120. The number of ether oxygens (including phenoxy) is 1. The summed E-state index contributed by atoms with van der Waals surface area (Å²) in [5, 5.41) is 0. The van der Waals surface area contributed by atoms with E-state index in [1.807, 2.05) is 24.3 Å². The number of rotatable bonds is 5. The van der Waals surface area contributed by atoms with Crippen molar-refractivity contribution in [2.75, 3.05) is 0 Å². The van der Waals surface area contributed by atoms with Gasteiger partial charge in [-0.05, 0) is 41.8 Å². The fourth-order valence-corrected chi connectivity index (χ4v) is 1.96. The third-order valence-corrected chi connectivity index (χ3v) is 3.15. The van der Waals surface area contributed by atoms with E-state index in [0.717, 1.165) is 11.1 Å². The summed E-state index contributed by atoms with van der Waals surface area (Å²) in [6, 6.07) is 12.1. The number of aryl methyl sites for hydroxylation is 1. The van der Waals surface area contributed by atoms with Crippen molar-refractivity contribution in [1.82, 2.24) is 5.43 Å². The second-order valence-electron chi connectivity index (χ2n) is 4.71. The van der Waals surface area contributed by atoms with Crippen molar-refractivity contribution < 1.29 is 13.9 Å². The molecule has 0 aliphatic rings. The molecule has 0 atom stereocenters. The molecule has 21 heavy (non-hydrogen) atoms. The number of hydrogen-bond acceptors (Lipinski definition) is 3. The summed E-state index contributed by atoms with van der Waals surface area (Å²) in [5.41, 5.74) is 4.38. The molecule has 0 heterocycles. The number of amides is 1. The Balaban J connectivity index is 2.09. The molecule has 0 aliphatic heterocycles. The summed E-state index contributed by atoms with van der Waals surface area (Å²) < 4.78 is 18.9. The van der Waals surface area contributed by atoms with E-state index in [-0.39, 0.29) is 18.1 Å². The molecule has 1 amide bonds. The number of carbonyl (C=O) groups excluding carboxylic acids is 1. The van der Waals surface area contributed by atoms with Crippen molar-refractivity contribution in [1.29, 1.82) is 0 Å². The van der Waals surface area contributed by atoms with E-state index < -0.39 is 0 Å². The first-order chi connectivity index (χ1) is 10.1. The predicted octanol–water partition coefficient (Wildman–Crippen LogP) is 2.25. The topological polar surface area (TPSA) is 64.3 Å². The molecule has 0 unspecified atom stereocenters. The maximum Gasteiger partial charge on any atom is 0.238 e. The standard InChI is InChI=1S/C16H17FN2O2/c1-11-8-14(6-7-15(11)17)21-10-13-5-3-2-4-12(13)9-16(20)19-18/h2-8H,9-10,18H2,1H3,(H,19,20). The molecule has 0 radical (unpaired) electrons. The van der Waals surface area contributed by atoms with Gasteiger partial charge in [0.05, 0.1) is 6.42 Å². The van der Waals surface area contributed by atoms with Gasteiger partial charge in [-0.1, -0.05) is 24.3 Å². The van der Waals surface area contributed by atoms with E-state index in [0.29, 0.717) is 17.9 Å². The number of hydrogen-bond donors (Lipinski definition) is 2. The van der Waals surface area contributed by atoms with E-state index in [1.165, 1.54) is 6.07 Å². The van der Waals surface area contributed by atoms with Crippen LogP contribution in [0.15, 0.2) is 42.5 Å². The van der Waals surface area contributed by atoms with Crippen LogP contribution in [0.1, 0.15) is 16.7 Å². The van der Waals surface area contributed by atoms with E-state index >= 15 is 0 Å². The summed E-state index contributed by atoms with van der Waals surface area (Å²) >= 11 is 0. The molecular formula is C16H17FN2O2. The Bertz CT molecular complexity index is 644. The van der Waals surface area contributed by atoms with Gasteiger partial charge in [0.15, 0.2) is 0 Å². The smallest absolute Gasteiger partial charge is 0.238 e. The Morgan fingerprint density at radius 2 is 1.95 bits per heavy atom. The van der Waals surface area contributed by atoms with Gasteiger partial charge < -0.3 is 4.74 Å². The number of benzene rings is 2. The minimum atomic E-state index is -0.264. The summed E-state index contributed by atoms with van der Waals surface area (Å²) in [4.78, 5) is 11.4. The van der Waals surface area contributed by atoms with Crippen molar-refractivity contribution in [2.24, 2.45) is 5.84 Å². The molecule has 0 aromatic heterocycles. The molecule has 2 rings (SSSR count). The lowest BCUT2D eigenvalue weighted by Crippen LogP contribution is -2.31. The van der Waals surface area contributed by atoms with Gasteiger partial charge in [0.25, 0.3) is 0 Å². The first kappa shape index (κ1) is 15.0. The van der Waals surface area contributed by atoms with Gasteiger partial charge in [0.1, 0.15) is 18.2 Å². The van der Waals surface area contributed by atoms with Crippen LogP contribution in [0.25, 0.3) is 0 Å². The average Bonchev–Trinajstić information content (AvgIpc) is 2.49. The van der Waals surface area contributed by atoms with Crippen LogP contribution in [0.2, 0.25) is 0 Å². The first-order valence-corrected chi connectivity index (χ1v) is 6.55. The second-order valence-corrected chi connectivity index (χ2v) is 4.71. The Kier molecular flexibility index (Phi) is 4.90. The van der Waals surface area contributed by atoms with Crippen LogP contribution >= 0.6 is 0 Å². The lowest BCUT2D eigenvalue weighted by Gasteiger charge is -2.11. The zero-order valence-corrected chi connectivity index (χ0v) is 11.7. The van der Waals surface area contributed by atoms with Gasteiger partial charge in [0.2, 0.25) is 5.91 Å². The Morgan fingerprint density at radius 1 is 1.24 bits per heavy atom. The molecular weight excluding hydrogens is 271 g/mol. The predicted molar refractivity (Wildman–Crippen MR) is 77.9 cm³/mol. The molecule has 0 spiro atoms. The highest BCUT2D eigenvalue weighted by Gasteiger charge is 2.07. The van der Waals surface area contributed by atoms with Crippen molar-refractivity contribution in [2.45, 2.75) is 20.0 Å². The lowest BCUT2D eigenvalue weighted by atomic mass is 10.1. The molecule has 2 aromatic rings. The third kappa shape index (κ3) is 4.03. The van der Waals surface area contributed by atoms with Crippen molar-refractivity contribution in [3.05, 3.63) is 65.0 Å². The highest BCUT2D eigenvalue weighted by atomic mass is 19.1. The Labute approximate surface area is 122 Å². The average molecular weight is 288 g/mol. The fraction of sp³-hybridized carbons (Fsp3) is 0.188. The van der Waals surface area contributed by atoms with Crippen molar-refractivity contribution in [3.8, 4) is 5.75 Å². The quantitative estimate of drug-likeness (QED) is 0.504. The highest BCUT2D eigenvalue weighted by molar-refractivity contribution is 5.78. The normalized spacial score (nSPS) is 10.2. The third-order valence-electron chi connectivity index (χ3n) is 3.15. The summed E-state index contributed by atoms with van der Waals surface area (Å²) in [5.74, 6) is 5.16. The molecule has 5 heteroatoms. The van der Waals surface area contributed by atoms with Gasteiger partial charge in [-0.3, -0.25) is 10.2 Å². The van der Waals surface area contributed by atoms with Crippen molar-refractivity contribution in [3.63, 3.8) is 0 Å². The Hall–Kier alpha value is -2.40. The minimum Gasteiger partial charge on any atom is -0.489 e. The number of halogens is 1. The van der Waals surface area contributed by atoms with Crippen LogP contribution in [0.3, 0.4) is 0 Å². The highest BCUT2D eigenvalue weighted by Crippen LogP contribution is 2.18. The molecule has 3 N–H and O–H groups in total. The number of carbonyl (C=O) groups is 1. The number of hydrazine groups is 1. The Morgan fingerprint density at radius 3 is 2.62 bits per heavy atom.